The average Bonchev–Trinajstić information content (AvgIpc) is 2.97. The van der Waals surface area contributed by atoms with Crippen molar-refractivity contribution in [3.8, 4) is 11.3 Å². The zero-order valence-corrected chi connectivity index (χ0v) is 11.2. The first kappa shape index (κ1) is 13.3. The van der Waals surface area contributed by atoms with Crippen LogP contribution in [0.25, 0.3) is 11.3 Å². The number of hydrogen-bond acceptors (Lipinski definition) is 5. The highest BCUT2D eigenvalue weighted by molar-refractivity contribution is 5.56. The van der Waals surface area contributed by atoms with E-state index in [2.05, 4.69) is 5.16 Å². The van der Waals surface area contributed by atoms with E-state index < -0.39 is 6.23 Å². The Labute approximate surface area is 117 Å². The molecule has 1 aromatic heterocycles. The molecule has 2 heterocycles. The van der Waals surface area contributed by atoms with Gasteiger partial charge >= 0.3 is 0 Å². The number of rotatable bonds is 4. The lowest BCUT2D eigenvalue weighted by atomic mass is 10.1. The Balaban J connectivity index is 1.65. The molecule has 0 spiro atoms. The van der Waals surface area contributed by atoms with Crippen LogP contribution in [0.4, 0.5) is 0 Å². The van der Waals surface area contributed by atoms with Gasteiger partial charge in [-0.05, 0) is 0 Å². The van der Waals surface area contributed by atoms with E-state index in [9.17, 15) is 5.11 Å². The summed E-state index contributed by atoms with van der Waals surface area (Å²) in [6, 6.07) is 11.7. The molecule has 20 heavy (non-hydrogen) atoms. The van der Waals surface area contributed by atoms with E-state index in [-0.39, 0.29) is 0 Å². The van der Waals surface area contributed by atoms with Crippen LogP contribution in [-0.4, -0.2) is 47.7 Å². The lowest BCUT2D eigenvalue weighted by Gasteiger charge is -2.30. The molecule has 1 aliphatic heterocycles. The molecule has 106 valence electrons. The molecule has 2 aromatic rings. The molecule has 1 saturated heterocycles. The maximum Gasteiger partial charge on any atom is 0.167 e. The first-order valence-electron chi connectivity index (χ1n) is 6.84. The van der Waals surface area contributed by atoms with E-state index in [1.54, 1.807) is 0 Å². The number of aliphatic hydroxyl groups is 1. The minimum atomic E-state index is -0.535. The quantitative estimate of drug-likeness (QED) is 0.916. The second kappa shape index (κ2) is 6.17. The molecule has 1 fully saturated rings. The van der Waals surface area contributed by atoms with Gasteiger partial charge in [0.05, 0.1) is 18.9 Å². The predicted octanol–water partition coefficient (Wildman–Crippen LogP) is 1.53. The van der Waals surface area contributed by atoms with Gasteiger partial charge in [-0.3, -0.25) is 4.90 Å². The Kier molecular flexibility index (Phi) is 4.11. The number of ether oxygens (including phenoxy) is 1. The normalized spacial score (nSPS) is 18.1. The van der Waals surface area contributed by atoms with Gasteiger partial charge < -0.3 is 14.4 Å². The van der Waals surface area contributed by atoms with E-state index in [1.807, 2.05) is 41.3 Å². The van der Waals surface area contributed by atoms with Crippen LogP contribution in [0.1, 0.15) is 5.69 Å². The highest BCUT2D eigenvalue weighted by atomic mass is 16.5. The monoisotopic (exact) mass is 274 g/mol. The number of aliphatic hydroxyl groups excluding tert-OH is 1. The van der Waals surface area contributed by atoms with Gasteiger partial charge in [0.1, 0.15) is 6.23 Å². The molecule has 1 aromatic carbocycles. The number of benzene rings is 1. The Morgan fingerprint density at radius 2 is 1.95 bits per heavy atom. The highest BCUT2D eigenvalue weighted by Gasteiger charge is 2.20. The van der Waals surface area contributed by atoms with E-state index in [1.165, 1.54) is 0 Å². The second-order valence-electron chi connectivity index (χ2n) is 4.88. The highest BCUT2D eigenvalue weighted by Crippen LogP contribution is 2.20. The molecule has 1 aliphatic rings. The Morgan fingerprint density at radius 3 is 2.70 bits per heavy atom. The maximum absolute atomic E-state index is 10.2. The van der Waals surface area contributed by atoms with E-state index in [0.29, 0.717) is 19.6 Å². The predicted molar refractivity (Wildman–Crippen MR) is 74.0 cm³/mol. The lowest BCUT2D eigenvalue weighted by Crippen LogP contribution is -2.44. The van der Waals surface area contributed by atoms with Crippen LogP contribution in [0.5, 0.6) is 0 Å². The summed E-state index contributed by atoms with van der Waals surface area (Å²) in [4.78, 5) is 2.00. The van der Waals surface area contributed by atoms with Crippen LogP contribution in [0.2, 0.25) is 0 Å². The van der Waals surface area contributed by atoms with Gasteiger partial charge in [-0.15, -0.1) is 0 Å². The van der Waals surface area contributed by atoms with E-state index in [4.69, 9.17) is 9.26 Å². The fraction of sp³-hybridized carbons (Fsp3) is 0.400. The Hall–Kier alpha value is -1.69. The zero-order valence-electron chi connectivity index (χ0n) is 11.2. The van der Waals surface area contributed by atoms with Gasteiger partial charge in [0.15, 0.2) is 5.76 Å². The van der Waals surface area contributed by atoms with Crippen molar-refractivity contribution < 1.29 is 14.4 Å². The number of nitrogens with zero attached hydrogens (tertiary/aromatic N) is 2. The molecular weight excluding hydrogens is 256 g/mol. The molecule has 5 heteroatoms. The third-order valence-corrected chi connectivity index (χ3v) is 3.48. The number of morpholine rings is 1. The van der Waals surface area contributed by atoms with Gasteiger partial charge in [-0.2, -0.15) is 0 Å². The summed E-state index contributed by atoms with van der Waals surface area (Å²) in [5.41, 5.74) is 1.76. The van der Waals surface area contributed by atoms with Crippen LogP contribution >= 0.6 is 0 Å². The van der Waals surface area contributed by atoms with Crippen molar-refractivity contribution in [3.63, 3.8) is 0 Å². The first-order chi connectivity index (χ1) is 9.83. The summed E-state index contributed by atoms with van der Waals surface area (Å²) in [5.74, 6) is 0.731. The number of hydrogen-bond donors (Lipinski definition) is 1. The molecule has 1 N–H and O–H groups in total. The van der Waals surface area contributed by atoms with Crippen molar-refractivity contribution in [2.75, 3.05) is 26.3 Å². The largest absolute Gasteiger partial charge is 0.379 e. The van der Waals surface area contributed by atoms with Gasteiger partial charge in [0.2, 0.25) is 0 Å². The number of aromatic nitrogens is 1. The fourth-order valence-corrected chi connectivity index (χ4v) is 2.34. The van der Waals surface area contributed by atoms with E-state index in [0.717, 1.165) is 30.1 Å². The van der Waals surface area contributed by atoms with Gasteiger partial charge in [-0.25, -0.2) is 0 Å². The standard InChI is InChI=1S/C15H18N2O3/c18-15(17-6-8-19-9-7-17)11-13-10-14(20-16-13)12-4-2-1-3-5-12/h1-5,10,15,18H,6-9,11H2. The molecule has 0 aliphatic carbocycles. The third kappa shape index (κ3) is 3.07. The lowest BCUT2D eigenvalue weighted by molar-refractivity contribution is -0.0581. The average molecular weight is 274 g/mol. The van der Waals surface area contributed by atoms with E-state index >= 15 is 0 Å². The second-order valence-corrected chi connectivity index (χ2v) is 4.88. The third-order valence-electron chi connectivity index (χ3n) is 3.48. The maximum atomic E-state index is 10.2. The topological polar surface area (TPSA) is 58.7 Å². The van der Waals surface area contributed by atoms with Crippen LogP contribution < -0.4 is 0 Å². The van der Waals surface area contributed by atoms with Crippen molar-refractivity contribution in [1.29, 1.82) is 0 Å². The summed E-state index contributed by atoms with van der Waals surface area (Å²) in [5, 5.41) is 14.2. The molecule has 0 saturated carbocycles. The zero-order chi connectivity index (χ0) is 13.8. The minimum absolute atomic E-state index is 0.469. The molecule has 0 bridgehead atoms. The van der Waals surface area contributed by atoms with Gasteiger partial charge in [0.25, 0.3) is 0 Å². The minimum Gasteiger partial charge on any atom is -0.379 e. The smallest absolute Gasteiger partial charge is 0.167 e. The van der Waals surface area contributed by atoms with Crippen molar-refractivity contribution in [2.45, 2.75) is 12.6 Å². The molecular formula is C15H18N2O3. The first-order valence-corrected chi connectivity index (χ1v) is 6.84. The molecule has 5 nitrogen and oxygen atoms in total. The fourth-order valence-electron chi connectivity index (χ4n) is 2.34. The molecule has 0 amide bonds. The molecule has 3 rings (SSSR count). The SMILES string of the molecule is OC(Cc1cc(-c2ccccc2)on1)N1CCOCC1. The van der Waals surface area contributed by atoms with Crippen LogP contribution in [-0.2, 0) is 11.2 Å². The summed E-state index contributed by atoms with van der Waals surface area (Å²) in [6.07, 6.45) is -0.0660. The van der Waals surface area contributed by atoms with Crippen LogP contribution in [0.3, 0.4) is 0 Å². The van der Waals surface area contributed by atoms with Gasteiger partial charge in [-0.1, -0.05) is 35.5 Å². The van der Waals surface area contributed by atoms with Crippen molar-refractivity contribution >= 4 is 0 Å². The van der Waals surface area contributed by atoms with Crippen molar-refractivity contribution in [1.82, 2.24) is 10.1 Å². The van der Waals surface area contributed by atoms with Gasteiger partial charge in [0, 0.05) is 31.1 Å². The Morgan fingerprint density at radius 1 is 1.20 bits per heavy atom. The summed E-state index contributed by atoms with van der Waals surface area (Å²) < 4.78 is 10.6. The summed E-state index contributed by atoms with van der Waals surface area (Å²) >= 11 is 0. The van der Waals surface area contributed by atoms with Crippen LogP contribution in [0, 0.1) is 0 Å². The van der Waals surface area contributed by atoms with Crippen LogP contribution in [0.15, 0.2) is 40.9 Å². The summed E-state index contributed by atoms with van der Waals surface area (Å²) in [6.45, 7) is 2.85. The molecule has 0 radical (unpaired) electrons. The van der Waals surface area contributed by atoms with Crippen molar-refractivity contribution in [2.24, 2.45) is 0 Å². The molecule has 1 unspecified atom stereocenters. The van der Waals surface area contributed by atoms with Crippen molar-refractivity contribution in [3.05, 3.63) is 42.1 Å². The summed E-state index contributed by atoms with van der Waals surface area (Å²) in [7, 11) is 0. The Bertz CT molecular complexity index is 535. The molecule has 1 atom stereocenters.